The Morgan fingerprint density at radius 1 is 1.33 bits per heavy atom. The number of hydrogen-bond donors (Lipinski definition) is 2. The molecule has 3 N–H and O–H groups in total. The van der Waals surface area contributed by atoms with Crippen LogP contribution in [-0.4, -0.2) is 43.0 Å². The minimum Gasteiger partial charge on any atom is -0.465 e. The molecule has 6 heteroatoms. The number of amides is 1. The number of hydrogen-bond acceptors (Lipinski definition) is 5. The van der Waals surface area contributed by atoms with Crippen LogP contribution in [0.15, 0.2) is 18.2 Å². The van der Waals surface area contributed by atoms with Crippen molar-refractivity contribution in [3.63, 3.8) is 0 Å². The molecule has 1 saturated heterocycles. The maximum Gasteiger partial charge on any atom is 0.340 e. The van der Waals surface area contributed by atoms with Gasteiger partial charge >= 0.3 is 5.97 Å². The van der Waals surface area contributed by atoms with Crippen LogP contribution in [0.25, 0.3) is 0 Å². The van der Waals surface area contributed by atoms with Gasteiger partial charge in [0, 0.05) is 13.1 Å². The number of nitrogens with two attached hydrogens (primary N) is 1. The van der Waals surface area contributed by atoms with Crippen molar-refractivity contribution in [2.45, 2.75) is 25.8 Å². The van der Waals surface area contributed by atoms with Crippen molar-refractivity contribution >= 4 is 23.3 Å². The van der Waals surface area contributed by atoms with Gasteiger partial charge in [0.2, 0.25) is 5.91 Å². The lowest BCUT2D eigenvalue weighted by molar-refractivity contribution is -0.130. The Bertz CT molecular complexity index is 539. The number of nitrogens with one attached hydrogen (secondary N) is 1. The summed E-state index contributed by atoms with van der Waals surface area (Å²) < 4.78 is 4.68. The summed E-state index contributed by atoms with van der Waals surface area (Å²) in [5, 5.41) is 3.08. The van der Waals surface area contributed by atoms with E-state index < -0.39 is 12.0 Å². The Hall–Kier alpha value is -2.24. The summed E-state index contributed by atoms with van der Waals surface area (Å²) in [6, 6.07) is 4.66. The Morgan fingerprint density at radius 2 is 2.00 bits per heavy atom. The number of methoxy groups -OCH3 is 1. The van der Waals surface area contributed by atoms with Crippen molar-refractivity contribution in [1.82, 2.24) is 4.90 Å². The number of para-hydroxylation sites is 1. The molecule has 1 amide bonds. The second kappa shape index (κ2) is 6.47. The maximum atomic E-state index is 12.3. The monoisotopic (exact) mass is 291 g/mol. The van der Waals surface area contributed by atoms with Crippen LogP contribution < -0.4 is 11.1 Å². The van der Waals surface area contributed by atoms with Gasteiger partial charge in [-0.2, -0.15) is 0 Å². The second-order valence-electron chi connectivity index (χ2n) is 5.16. The SMILES string of the molecule is COC(=O)c1cccc(NC(C)C(=O)N2CCCC2)c1N. The van der Waals surface area contributed by atoms with Crippen LogP contribution in [0.3, 0.4) is 0 Å². The normalized spacial score (nSPS) is 15.6. The quantitative estimate of drug-likeness (QED) is 0.648. The van der Waals surface area contributed by atoms with Crippen molar-refractivity contribution in [3.05, 3.63) is 23.8 Å². The van der Waals surface area contributed by atoms with Crippen LogP contribution in [0.1, 0.15) is 30.1 Å². The Labute approximate surface area is 124 Å². The summed E-state index contributed by atoms with van der Waals surface area (Å²) in [6.45, 7) is 3.41. The van der Waals surface area contributed by atoms with E-state index in [9.17, 15) is 9.59 Å². The summed E-state index contributed by atoms with van der Waals surface area (Å²) in [4.78, 5) is 25.7. The van der Waals surface area contributed by atoms with Crippen LogP contribution >= 0.6 is 0 Å². The van der Waals surface area contributed by atoms with Crippen molar-refractivity contribution in [2.75, 3.05) is 31.2 Å². The molecular formula is C15H21N3O3. The minimum atomic E-state index is -0.491. The number of anilines is 2. The molecule has 114 valence electrons. The van der Waals surface area contributed by atoms with Crippen LogP contribution in [0.2, 0.25) is 0 Å². The molecule has 1 atom stereocenters. The average Bonchev–Trinajstić information content (AvgIpc) is 3.02. The van der Waals surface area contributed by atoms with Gasteiger partial charge in [0.1, 0.15) is 6.04 Å². The predicted octanol–water partition coefficient (Wildman–Crippen LogP) is 1.48. The third kappa shape index (κ3) is 3.26. The van der Waals surface area contributed by atoms with E-state index >= 15 is 0 Å². The molecule has 2 rings (SSSR count). The van der Waals surface area contributed by atoms with Gasteiger partial charge < -0.3 is 20.7 Å². The molecule has 1 aliphatic rings. The zero-order valence-corrected chi connectivity index (χ0v) is 12.4. The number of benzene rings is 1. The fourth-order valence-electron chi connectivity index (χ4n) is 2.49. The highest BCUT2D eigenvalue weighted by atomic mass is 16.5. The van der Waals surface area contributed by atoms with Crippen LogP contribution in [0.4, 0.5) is 11.4 Å². The molecular weight excluding hydrogens is 270 g/mol. The number of likely N-dealkylation sites (tertiary alicyclic amines) is 1. The van der Waals surface area contributed by atoms with E-state index in [0.29, 0.717) is 16.9 Å². The zero-order chi connectivity index (χ0) is 15.4. The number of rotatable bonds is 4. The smallest absolute Gasteiger partial charge is 0.340 e. The first-order chi connectivity index (χ1) is 10.0. The lowest BCUT2D eigenvalue weighted by Gasteiger charge is -2.22. The first kappa shape index (κ1) is 15.2. The number of nitrogen functional groups attached to an aromatic ring is 1. The van der Waals surface area contributed by atoms with Crippen molar-refractivity contribution in [1.29, 1.82) is 0 Å². The first-order valence-corrected chi connectivity index (χ1v) is 7.06. The molecule has 1 aromatic carbocycles. The van der Waals surface area contributed by atoms with Gasteiger partial charge in [-0.25, -0.2) is 4.79 Å². The van der Waals surface area contributed by atoms with Gasteiger partial charge in [0.05, 0.1) is 24.0 Å². The molecule has 0 aliphatic carbocycles. The molecule has 0 saturated carbocycles. The summed E-state index contributed by atoms with van der Waals surface area (Å²) >= 11 is 0. The standard InChI is InChI=1S/C15H21N3O3/c1-10(14(19)18-8-3-4-9-18)17-12-7-5-6-11(13(12)16)15(20)21-2/h5-7,10,17H,3-4,8-9,16H2,1-2H3. The Morgan fingerprint density at radius 3 is 2.62 bits per heavy atom. The fourth-order valence-corrected chi connectivity index (χ4v) is 2.49. The van der Waals surface area contributed by atoms with E-state index in [4.69, 9.17) is 5.73 Å². The molecule has 6 nitrogen and oxygen atoms in total. The van der Waals surface area contributed by atoms with E-state index in [-0.39, 0.29) is 5.91 Å². The van der Waals surface area contributed by atoms with E-state index in [0.717, 1.165) is 25.9 Å². The van der Waals surface area contributed by atoms with Gasteiger partial charge in [-0.05, 0) is 31.9 Å². The van der Waals surface area contributed by atoms with Crippen LogP contribution in [0, 0.1) is 0 Å². The highest BCUT2D eigenvalue weighted by Gasteiger charge is 2.24. The third-order valence-corrected chi connectivity index (χ3v) is 3.67. The molecule has 21 heavy (non-hydrogen) atoms. The summed E-state index contributed by atoms with van der Waals surface area (Å²) in [7, 11) is 1.31. The molecule has 1 fully saturated rings. The van der Waals surface area contributed by atoms with Crippen LogP contribution in [0.5, 0.6) is 0 Å². The van der Waals surface area contributed by atoms with Gasteiger partial charge in [0.15, 0.2) is 0 Å². The maximum absolute atomic E-state index is 12.3. The lowest BCUT2D eigenvalue weighted by Crippen LogP contribution is -2.39. The van der Waals surface area contributed by atoms with Crippen LogP contribution in [-0.2, 0) is 9.53 Å². The highest BCUT2D eigenvalue weighted by Crippen LogP contribution is 2.24. The predicted molar refractivity (Wildman–Crippen MR) is 81.1 cm³/mol. The Balaban J connectivity index is 2.11. The summed E-state index contributed by atoms with van der Waals surface area (Å²) in [5.74, 6) is -0.440. The van der Waals surface area contributed by atoms with Crippen molar-refractivity contribution in [3.8, 4) is 0 Å². The third-order valence-electron chi connectivity index (χ3n) is 3.67. The molecule has 1 aromatic rings. The Kier molecular flexibility index (Phi) is 4.67. The van der Waals surface area contributed by atoms with Crippen molar-refractivity contribution in [2.24, 2.45) is 0 Å². The molecule has 0 spiro atoms. The topological polar surface area (TPSA) is 84.7 Å². The fraction of sp³-hybridized carbons (Fsp3) is 0.467. The number of esters is 1. The van der Waals surface area contributed by atoms with E-state index in [1.54, 1.807) is 25.1 Å². The van der Waals surface area contributed by atoms with E-state index in [2.05, 4.69) is 10.1 Å². The lowest BCUT2D eigenvalue weighted by atomic mass is 10.1. The second-order valence-corrected chi connectivity index (χ2v) is 5.16. The number of nitrogens with zero attached hydrogens (tertiary/aromatic N) is 1. The number of ether oxygens (including phenoxy) is 1. The first-order valence-electron chi connectivity index (χ1n) is 7.06. The summed E-state index contributed by atoms with van der Waals surface area (Å²) in [6.07, 6.45) is 2.11. The summed E-state index contributed by atoms with van der Waals surface area (Å²) in [5.41, 5.74) is 7.13. The highest BCUT2D eigenvalue weighted by molar-refractivity contribution is 5.98. The molecule has 0 radical (unpaired) electrons. The molecule has 1 heterocycles. The van der Waals surface area contributed by atoms with E-state index in [1.807, 2.05) is 4.90 Å². The number of carbonyl (C=O) groups is 2. The number of carbonyl (C=O) groups excluding carboxylic acids is 2. The van der Waals surface area contributed by atoms with Gasteiger partial charge in [-0.15, -0.1) is 0 Å². The van der Waals surface area contributed by atoms with Gasteiger partial charge in [-0.3, -0.25) is 4.79 Å². The van der Waals surface area contributed by atoms with Gasteiger partial charge in [-0.1, -0.05) is 6.07 Å². The zero-order valence-electron chi connectivity index (χ0n) is 12.4. The largest absolute Gasteiger partial charge is 0.465 e. The minimum absolute atomic E-state index is 0.0513. The van der Waals surface area contributed by atoms with Crippen molar-refractivity contribution < 1.29 is 14.3 Å². The molecule has 0 aromatic heterocycles. The van der Waals surface area contributed by atoms with E-state index in [1.165, 1.54) is 7.11 Å². The van der Waals surface area contributed by atoms with Gasteiger partial charge in [0.25, 0.3) is 0 Å². The molecule has 1 unspecified atom stereocenters. The average molecular weight is 291 g/mol. The molecule has 0 bridgehead atoms. The molecule has 1 aliphatic heterocycles.